The van der Waals surface area contributed by atoms with Crippen LogP contribution in [0.4, 0.5) is 17.1 Å². The van der Waals surface area contributed by atoms with Crippen molar-refractivity contribution in [2.24, 2.45) is 0 Å². The molecule has 0 saturated carbocycles. The molecule has 4 aromatic carbocycles. The maximum Gasteiger partial charge on any atom is 0.341 e. The van der Waals surface area contributed by atoms with Crippen LogP contribution in [0, 0.1) is 0 Å². The second-order valence-electron chi connectivity index (χ2n) is 8.70. The summed E-state index contributed by atoms with van der Waals surface area (Å²) in [6.45, 7) is 0. The number of fused-ring (bicyclic) bond motifs is 1. The van der Waals surface area contributed by atoms with Crippen LogP contribution in [0.2, 0.25) is 0 Å². The van der Waals surface area contributed by atoms with E-state index in [-0.39, 0.29) is 0 Å². The third kappa shape index (κ3) is 3.67. The van der Waals surface area contributed by atoms with Crippen LogP contribution in [0.5, 0.6) is 0 Å². The van der Waals surface area contributed by atoms with Gasteiger partial charge in [-0.25, -0.2) is 9.59 Å². The number of para-hydroxylation sites is 2. The fraction of sp³-hybridized carbons (Fsp3) is 0.133. The van der Waals surface area contributed by atoms with Gasteiger partial charge in [-0.2, -0.15) is 0 Å². The normalized spacial score (nSPS) is 16.1. The molecule has 1 unspecified atom stereocenters. The number of ether oxygens (including phenoxy) is 2. The molecule has 0 saturated heterocycles. The monoisotopic (exact) mass is 478 g/mol. The predicted molar refractivity (Wildman–Crippen MR) is 140 cm³/mol. The highest BCUT2D eigenvalue weighted by Crippen LogP contribution is 2.50. The van der Waals surface area contributed by atoms with Gasteiger partial charge in [-0.3, -0.25) is 4.90 Å². The number of carbonyl (C=O) groups excluding carboxylic acids is 2. The van der Waals surface area contributed by atoms with Gasteiger partial charge in [0.05, 0.1) is 23.9 Å². The Bertz CT molecular complexity index is 1420. The van der Waals surface area contributed by atoms with Crippen molar-refractivity contribution in [3.8, 4) is 0 Å². The predicted octanol–water partition coefficient (Wildman–Crippen LogP) is 5.75. The fourth-order valence-electron chi connectivity index (χ4n) is 4.71. The number of anilines is 3. The summed E-state index contributed by atoms with van der Waals surface area (Å²) in [7, 11) is 5.30. The third-order valence-corrected chi connectivity index (χ3v) is 6.41. The highest BCUT2D eigenvalue weighted by molar-refractivity contribution is 6.00. The number of nitrogens with zero attached hydrogens (tertiary/aromatic N) is 2. The minimum atomic E-state index is -1.37. The van der Waals surface area contributed by atoms with Gasteiger partial charge < -0.3 is 14.4 Å². The van der Waals surface area contributed by atoms with Crippen LogP contribution < -0.4 is 9.80 Å². The molecule has 1 heterocycles. The van der Waals surface area contributed by atoms with E-state index < -0.39 is 17.7 Å². The van der Waals surface area contributed by atoms with E-state index >= 15 is 0 Å². The maximum atomic E-state index is 13.3. The summed E-state index contributed by atoms with van der Waals surface area (Å²) in [6, 6.07) is 32.1. The van der Waals surface area contributed by atoms with Crippen LogP contribution in [0.1, 0.15) is 31.8 Å². The first-order chi connectivity index (χ1) is 17.5. The smallest absolute Gasteiger partial charge is 0.341 e. The molecule has 0 bridgehead atoms. The Kier molecular flexibility index (Phi) is 5.94. The molecule has 0 radical (unpaired) electrons. The number of methoxy groups -OCH3 is 1. The van der Waals surface area contributed by atoms with Gasteiger partial charge in [-0.1, -0.05) is 60.7 Å². The van der Waals surface area contributed by atoms with Crippen molar-refractivity contribution in [1.29, 1.82) is 0 Å². The SMILES string of the molecule is COC(=O)c1ccccc1N(c1ccccc1)C1(c2ccc(N(C)C)cc2)OC(=O)c2ccccc21. The van der Waals surface area contributed by atoms with Crippen LogP contribution in [-0.4, -0.2) is 33.1 Å². The van der Waals surface area contributed by atoms with E-state index in [2.05, 4.69) is 0 Å². The summed E-state index contributed by atoms with van der Waals surface area (Å²) in [5.41, 5.74) is 3.20. The Morgan fingerprint density at radius 1 is 0.778 bits per heavy atom. The van der Waals surface area contributed by atoms with Crippen LogP contribution >= 0.6 is 0 Å². The Hall–Kier alpha value is -4.58. The highest BCUT2D eigenvalue weighted by Gasteiger charge is 2.53. The minimum Gasteiger partial charge on any atom is -0.465 e. The molecule has 0 N–H and O–H groups in total. The molecule has 0 aliphatic carbocycles. The zero-order valence-corrected chi connectivity index (χ0v) is 20.3. The van der Waals surface area contributed by atoms with Gasteiger partial charge in [-0.05, 0) is 42.5 Å². The summed E-state index contributed by atoms with van der Waals surface area (Å²) in [6.07, 6.45) is 0. The molecule has 1 aliphatic rings. The summed E-state index contributed by atoms with van der Waals surface area (Å²) >= 11 is 0. The lowest BCUT2D eigenvalue weighted by atomic mass is 9.89. The van der Waals surface area contributed by atoms with E-state index in [1.165, 1.54) is 7.11 Å². The first-order valence-corrected chi connectivity index (χ1v) is 11.6. The van der Waals surface area contributed by atoms with Crippen molar-refractivity contribution in [3.05, 3.63) is 125 Å². The topological polar surface area (TPSA) is 59.1 Å². The molecule has 0 amide bonds. The van der Waals surface area contributed by atoms with Gasteiger partial charge in [0.1, 0.15) is 0 Å². The Labute approximate surface area is 210 Å². The maximum absolute atomic E-state index is 13.3. The zero-order valence-electron chi connectivity index (χ0n) is 20.3. The lowest BCUT2D eigenvalue weighted by Crippen LogP contribution is -2.45. The molecule has 5 rings (SSSR count). The van der Waals surface area contributed by atoms with E-state index in [0.29, 0.717) is 22.4 Å². The number of esters is 2. The molecule has 180 valence electrons. The number of hydrogen-bond acceptors (Lipinski definition) is 6. The van der Waals surface area contributed by atoms with Crippen molar-refractivity contribution >= 4 is 29.0 Å². The molecule has 1 aliphatic heterocycles. The highest BCUT2D eigenvalue weighted by atomic mass is 16.6. The van der Waals surface area contributed by atoms with Crippen molar-refractivity contribution in [2.45, 2.75) is 5.72 Å². The molecule has 4 aromatic rings. The van der Waals surface area contributed by atoms with E-state index in [9.17, 15) is 9.59 Å². The van der Waals surface area contributed by atoms with E-state index in [1.807, 2.05) is 109 Å². The average molecular weight is 479 g/mol. The molecule has 0 aromatic heterocycles. The van der Waals surface area contributed by atoms with Crippen molar-refractivity contribution in [1.82, 2.24) is 0 Å². The number of benzene rings is 4. The van der Waals surface area contributed by atoms with Crippen LogP contribution in [0.25, 0.3) is 0 Å². The van der Waals surface area contributed by atoms with E-state index in [0.717, 1.165) is 16.9 Å². The summed E-state index contributed by atoms with van der Waals surface area (Å²) < 4.78 is 11.5. The molecule has 0 spiro atoms. The summed E-state index contributed by atoms with van der Waals surface area (Å²) in [5.74, 6) is -0.916. The summed E-state index contributed by atoms with van der Waals surface area (Å²) in [4.78, 5) is 30.1. The van der Waals surface area contributed by atoms with Gasteiger partial charge >= 0.3 is 11.9 Å². The molecule has 6 heteroatoms. The van der Waals surface area contributed by atoms with Gasteiger partial charge in [0.25, 0.3) is 0 Å². The van der Waals surface area contributed by atoms with Crippen molar-refractivity contribution in [2.75, 3.05) is 31.0 Å². The second kappa shape index (κ2) is 9.23. The average Bonchev–Trinajstić information content (AvgIpc) is 3.22. The second-order valence-corrected chi connectivity index (χ2v) is 8.70. The molecular formula is C30H26N2O4. The number of cyclic esters (lactones) is 1. The number of hydrogen-bond donors (Lipinski definition) is 0. The third-order valence-electron chi connectivity index (χ3n) is 6.41. The van der Waals surface area contributed by atoms with E-state index in [4.69, 9.17) is 9.47 Å². The first-order valence-electron chi connectivity index (χ1n) is 11.6. The standard InChI is InChI=1S/C30H26N2O4/c1-31(2)22-19-17-21(18-20-22)30(26-15-9-7-13-24(26)29(34)36-30)32(23-11-5-4-6-12-23)27-16-10-8-14-25(27)28(33)35-3/h4-20H,1-3H3. The lowest BCUT2D eigenvalue weighted by Gasteiger charge is -2.42. The Morgan fingerprint density at radius 3 is 2.11 bits per heavy atom. The van der Waals surface area contributed by atoms with Crippen molar-refractivity contribution < 1.29 is 19.1 Å². The fourth-order valence-corrected chi connectivity index (χ4v) is 4.71. The Morgan fingerprint density at radius 2 is 1.42 bits per heavy atom. The van der Waals surface area contributed by atoms with Crippen LogP contribution in [0.3, 0.4) is 0 Å². The van der Waals surface area contributed by atoms with Gasteiger partial charge in [-0.15, -0.1) is 0 Å². The quantitative estimate of drug-likeness (QED) is 0.329. The molecule has 36 heavy (non-hydrogen) atoms. The lowest BCUT2D eigenvalue weighted by molar-refractivity contribution is 0.0133. The molecule has 1 atom stereocenters. The van der Waals surface area contributed by atoms with Crippen LogP contribution in [-0.2, 0) is 15.2 Å². The van der Waals surface area contributed by atoms with Gasteiger partial charge in [0, 0.05) is 36.6 Å². The van der Waals surface area contributed by atoms with Gasteiger partial charge in [0.15, 0.2) is 0 Å². The first kappa shape index (κ1) is 23.2. The van der Waals surface area contributed by atoms with Crippen molar-refractivity contribution in [3.63, 3.8) is 0 Å². The zero-order chi connectivity index (χ0) is 25.3. The van der Waals surface area contributed by atoms with Gasteiger partial charge in [0.2, 0.25) is 5.72 Å². The Balaban J connectivity index is 1.87. The number of carbonyl (C=O) groups is 2. The molecule has 6 nitrogen and oxygen atoms in total. The summed E-state index contributed by atoms with van der Waals surface area (Å²) in [5, 5.41) is 0. The molecule has 0 fully saturated rings. The number of rotatable bonds is 6. The minimum absolute atomic E-state index is 0.355. The van der Waals surface area contributed by atoms with Crippen LogP contribution in [0.15, 0.2) is 103 Å². The largest absolute Gasteiger partial charge is 0.465 e. The molecular weight excluding hydrogens is 452 g/mol. The van der Waals surface area contributed by atoms with E-state index in [1.54, 1.807) is 18.2 Å².